The lowest BCUT2D eigenvalue weighted by molar-refractivity contribution is -0.0968. The van der Waals surface area contributed by atoms with E-state index in [1.54, 1.807) is 19.1 Å². The summed E-state index contributed by atoms with van der Waals surface area (Å²) >= 11 is 10.2. The van der Waals surface area contributed by atoms with Crippen molar-refractivity contribution in [2.75, 3.05) is 0 Å². The topological polar surface area (TPSA) is 9.23 Å². The molecule has 0 heterocycles. The summed E-state index contributed by atoms with van der Waals surface area (Å²) in [5, 5.41) is 0.321. The van der Waals surface area contributed by atoms with Crippen molar-refractivity contribution in [3.05, 3.63) is 28.8 Å². The minimum Gasteiger partial charge on any atom is -0.420 e. The fraction of sp³-hybridized carbons (Fsp3) is 0.250. The molecule has 0 saturated carbocycles. The fourth-order valence-electron chi connectivity index (χ4n) is 0.809. The third kappa shape index (κ3) is 3.36. The van der Waals surface area contributed by atoms with Gasteiger partial charge >= 0.3 is 5.57 Å². The maximum absolute atomic E-state index is 12.2. The highest BCUT2D eigenvalue weighted by atomic mass is 35.5. The molecule has 1 aromatic rings. The van der Waals surface area contributed by atoms with E-state index in [1.165, 1.54) is 6.07 Å². The van der Waals surface area contributed by atoms with Crippen LogP contribution in [0.1, 0.15) is 5.56 Å². The van der Waals surface area contributed by atoms with Crippen LogP contribution >= 0.6 is 23.2 Å². The van der Waals surface area contributed by atoms with Crippen molar-refractivity contribution in [2.24, 2.45) is 0 Å². The molecule has 13 heavy (non-hydrogen) atoms. The zero-order chi connectivity index (χ0) is 10.1. The molecule has 0 fully saturated rings. The zero-order valence-electron chi connectivity index (χ0n) is 6.65. The second kappa shape index (κ2) is 3.68. The van der Waals surface area contributed by atoms with Gasteiger partial charge in [0.25, 0.3) is 0 Å². The Kier molecular flexibility index (Phi) is 2.98. The Labute approximate surface area is 84.2 Å². The second-order valence-corrected chi connectivity index (χ2v) is 3.33. The zero-order valence-corrected chi connectivity index (χ0v) is 8.16. The highest BCUT2D eigenvalue weighted by molar-refractivity contribution is 6.30. The van der Waals surface area contributed by atoms with Crippen molar-refractivity contribution in [3.8, 4) is 5.75 Å². The SMILES string of the molecule is Cc1ccc(Cl)cc1OC(F)(F)Cl. The number of alkyl halides is 3. The van der Waals surface area contributed by atoms with Crippen molar-refractivity contribution in [1.82, 2.24) is 0 Å². The molecule has 0 spiro atoms. The maximum atomic E-state index is 12.2. The third-order valence-electron chi connectivity index (χ3n) is 1.38. The summed E-state index contributed by atoms with van der Waals surface area (Å²) in [6.45, 7) is 1.62. The quantitative estimate of drug-likeness (QED) is 0.698. The number of hydrogen-bond donors (Lipinski definition) is 0. The van der Waals surface area contributed by atoms with E-state index in [2.05, 4.69) is 16.3 Å². The molecule has 1 rings (SSSR count). The highest BCUT2D eigenvalue weighted by Crippen LogP contribution is 2.29. The molecule has 0 aliphatic carbocycles. The minimum absolute atomic E-state index is 0.0208. The van der Waals surface area contributed by atoms with Gasteiger partial charge in [0.1, 0.15) is 5.75 Å². The minimum atomic E-state index is -3.70. The molecular weight excluding hydrogens is 221 g/mol. The first kappa shape index (κ1) is 10.5. The normalized spacial score (nSPS) is 11.5. The molecule has 0 atom stereocenters. The lowest BCUT2D eigenvalue weighted by atomic mass is 10.2. The summed E-state index contributed by atoms with van der Waals surface area (Å²) in [5.41, 5.74) is -3.15. The summed E-state index contributed by atoms with van der Waals surface area (Å²) in [6, 6.07) is 4.43. The van der Waals surface area contributed by atoms with E-state index in [9.17, 15) is 8.78 Å². The van der Waals surface area contributed by atoms with Gasteiger partial charge in [-0.05, 0) is 24.6 Å². The molecule has 0 aromatic heterocycles. The average Bonchev–Trinajstić information content (AvgIpc) is 1.94. The van der Waals surface area contributed by atoms with Crippen molar-refractivity contribution in [2.45, 2.75) is 12.5 Å². The number of hydrogen-bond acceptors (Lipinski definition) is 1. The number of aryl methyl sites for hydroxylation is 1. The van der Waals surface area contributed by atoms with Gasteiger partial charge in [0.05, 0.1) is 0 Å². The molecule has 0 N–H and O–H groups in total. The molecule has 0 radical (unpaired) electrons. The van der Waals surface area contributed by atoms with E-state index < -0.39 is 5.57 Å². The molecule has 0 bridgehead atoms. The molecule has 0 amide bonds. The maximum Gasteiger partial charge on any atom is 0.487 e. The molecule has 72 valence electrons. The van der Waals surface area contributed by atoms with E-state index in [1.807, 2.05) is 0 Å². The Bertz CT molecular complexity index is 310. The van der Waals surface area contributed by atoms with E-state index in [0.29, 0.717) is 10.6 Å². The van der Waals surface area contributed by atoms with Crippen LogP contribution in [0.25, 0.3) is 0 Å². The highest BCUT2D eigenvalue weighted by Gasteiger charge is 2.28. The molecule has 0 aliphatic heterocycles. The molecule has 0 unspecified atom stereocenters. The number of halogens is 4. The van der Waals surface area contributed by atoms with Gasteiger partial charge in [-0.25, -0.2) is 0 Å². The van der Waals surface area contributed by atoms with Crippen molar-refractivity contribution in [1.29, 1.82) is 0 Å². The standard InChI is InChI=1S/C8H6Cl2F2O/c1-5-2-3-6(9)4-7(5)13-8(10,11)12/h2-4H,1H3. The van der Waals surface area contributed by atoms with Crippen molar-refractivity contribution in [3.63, 3.8) is 0 Å². The van der Waals surface area contributed by atoms with Crippen LogP contribution in [0.4, 0.5) is 8.78 Å². The first-order chi connectivity index (χ1) is 5.88. The summed E-state index contributed by atoms with van der Waals surface area (Å²) in [5.74, 6) is -0.0208. The number of rotatable bonds is 2. The predicted molar refractivity (Wildman–Crippen MR) is 47.6 cm³/mol. The third-order valence-corrected chi connectivity index (χ3v) is 1.69. The van der Waals surface area contributed by atoms with Crippen LogP contribution in [0.3, 0.4) is 0 Å². The largest absolute Gasteiger partial charge is 0.487 e. The molecule has 5 heteroatoms. The van der Waals surface area contributed by atoms with Gasteiger partial charge < -0.3 is 4.74 Å². The van der Waals surface area contributed by atoms with Crippen LogP contribution in [-0.4, -0.2) is 5.57 Å². The first-order valence-electron chi connectivity index (χ1n) is 3.40. The van der Waals surface area contributed by atoms with Crippen molar-refractivity contribution >= 4 is 23.2 Å². The first-order valence-corrected chi connectivity index (χ1v) is 4.16. The van der Waals surface area contributed by atoms with Crippen LogP contribution in [0, 0.1) is 6.92 Å². The summed E-state index contributed by atoms with van der Waals surface area (Å²) in [7, 11) is 0. The van der Waals surface area contributed by atoms with E-state index in [-0.39, 0.29) is 5.75 Å². The molecule has 1 nitrogen and oxygen atoms in total. The van der Waals surface area contributed by atoms with Crippen LogP contribution in [-0.2, 0) is 0 Å². The Hall–Kier alpha value is -0.540. The Morgan fingerprint density at radius 3 is 2.54 bits per heavy atom. The van der Waals surface area contributed by atoms with Gasteiger partial charge in [0.2, 0.25) is 0 Å². The van der Waals surface area contributed by atoms with Crippen LogP contribution in [0.15, 0.2) is 18.2 Å². The van der Waals surface area contributed by atoms with E-state index >= 15 is 0 Å². The van der Waals surface area contributed by atoms with E-state index in [0.717, 1.165) is 0 Å². The van der Waals surface area contributed by atoms with E-state index in [4.69, 9.17) is 11.6 Å². The number of ether oxygens (including phenoxy) is 1. The average molecular weight is 227 g/mol. The van der Waals surface area contributed by atoms with Gasteiger partial charge in [0.15, 0.2) is 0 Å². The van der Waals surface area contributed by atoms with Gasteiger partial charge in [-0.3, -0.25) is 0 Å². The second-order valence-electron chi connectivity index (χ2n) is 2.46. The smallest absolute Gasteiger partial charge is 0.420 e. The monoisotopic (exact) mass is 226 g/mol. The van der Waals surface area contributed by atoms with Crippen LogP contribution in [0.2, 0.25) is 5.02 Å². The van der Waals surface area contributed by atoms with Gasteiger partial charge in [-0.15, -0.1) is 8.78 Å². The van der Waals surface area contributed by atoms with Gasteiger partial charge in [-0.2, -0.15) is 0 Å². The number of benzene rings is 1. The Morgan fingerprint density at radius 1 is 1.38 bits per heavy atom. The van der Waals surface area contributed by atoms with Gasteiger partial charge in [-0.1, -0.05) is 17.7 Å². The summed E-state index contributed by atoms with van der Waals surface area (Å²) < 4.78 is 28.6. The fourth-order valence-corrected chi connectivity index (χ4v) is 1.05. The molecule has 0 saturated heterocycles. The summed E-state index contributed by atoms with van der Waals surface area (Å²) in [4.78, 5) is 0. The lowest BCUT2D eigenvalue weighted by Gasteiger charge is -2.12. The predicted octanol–water partition coefficient (Wildman–Crippen LogP) is 3.82. The summed E-state index contributed by atoms with van der Waals surface area (Å²) in [6.07, 6.45) is 0. The molecule has 1 aromatic carbocycles. The molecular formula is C8H6Cl2F2O. The Morgan fingerprint density at radius 2 is 2.00 bits per heavy atom. The lowest BCUT2D eigenvalue weighted by Crippen LogP contribution is -2.16. The Balaban J connectivity index is 2.94. The van der Waals surface area contributed by atoms with Crippen LogP contribution in [0.5, 0.6) is 5.75 Å². The molecule has 0 aliphatic rings. The van der Waals surface area contributed by atoms with Crippen LogP contribution < -0.4 is 4.74 Å². The van der Waals surface area contributed by atoms with Crippen molar-refractivity contribution < 1.29 is 13.5 Å². The van der Waals surface area contributed by atoms with Gasteiger partial charge in [0, 0.05) is 16.6 Å².